The van der Waals surface area contributed by atoms with Gasteiger partial charge in [0.2, 0.25) is 5.82 Å². The van der Waals surface area contributed by atoms with Gasteiger partial charge in [0.25, 0.3) is 0 Å². The third-order valence-corrected chi connectivity index (χ3v) is 2.54. The number of rotatable bonds is 1. The molecule has 3 heteroatoms. The molecule has 76 valence electrons. The normalized spacial score (nSPS) is 12.2. The maximum Gasteiger partial charge on any atom is 0.227 e. The molecule has 0 amide bonds. The van der Waals surface area contributed by atoms with Crippen LogP contribution in [0.2, 0.25) is 0 Å². The Morgan fingerprint density at radius 1 is 1.25 bits per heavy atom. The highest BCUT2D eigenvalue weighted by Crippen LogP contribution is 2.25. The summed E-state index contributed by atoms with van der Waals surface area (Å²) in [6.07, 6.45) is 10.6. The Balaban J connectivity index is 2.15. The van der Waals surface area contributed by atoms with E-state index in [1.54, 1.807) is 0 Å². The molecule has 1 aliphatic rings. The van der Waals surface area contributed by atoms with Crippen LogP contribution in [0.5, 0.6) is 0 Å². The number of fused-ring (bicyclic) bond motifs is 1. The third kappa shape index (κ3) is 1.31. The predicted octanol–water partition coefficient (Wildman–Crippen LogP) is 2.43. The topological polar surface area (TPSA) is 43.8 Å². The lowest BCUT2D eigenvalue weighted by Gasteiger charge is -1.99. The summed E-state index contributed by atoms with van der Waals surface area (Å²) in [5.41, 5.74) is 8.51. The van der Waals surface area contributed by atoms with Gasteiger partial charge in [-0.2, -0.15) is 0 Å². The van der Waals surface area contributed by atoms with Gasteiger partial charge in [0, 0.05) is 17.4 Å². The van der Waals surface area contributed by atoms with Crippen molar-refractivity contribution < 1.29 is 0 Å². The molecule has 1 aromatic carbocycles. The van der Waals surface area contributed by atoms with Crippen molar-refractivity contribution in [3.8, 4) is 11.3 Å². The largest absolute Gasteiger partial charge is 0.398 e. The molecule has 1 aromatic heterocycles. The number of anilines is 1. The van der Waals surface area contributed by atoms with Crippen LogP contribution in [0.15, 0.2) is 36.5 Å². The summed E-state index contributed by atoms with van der Waals surface area (Å²) in [5, 5.41) is 0. The number of nitrogens with zero attached hydrogens (tertiary/aromatic N) is 2. The number of nitrogen functional groups attached to an aromatic ring is 1. The van der Waals surface area contributed by atoms with Crippen LogP contribution < -0.4 is 5.73 Å². The molecule has 16 heavy (non-hydrogen) atoms. The van der Waals surface area contributed by atoms with Crippen molar-refractivity contribution in [1.82, 2.24) is 9.55 Å². The van der Waals surface area contributed by atoms with Crippen LogP contribution in [0.4, 0.5) is 5.69 Å². The highest BCUT2D eigenvalue weighted by atomic mass is 15.1. The zero-order chi connectivity index (χ0) is 11.0. The fourth-order valence-electron chi connectivity index (χ4n) is 1.74. The van der Waals surface area contributed by atoms with Crippen LogP contribution in [-0.4, -0.2) is 9.55 Å². The Kier molecular flexibility index (Phi) is 1.85. The van der Waals surface area contributed by atoms with Gasteiger partial charge in [-0.05, 0) is 6.07 Å². The SMILES string of the molecule is Nc1ccccc1-c1cn2c(n1)C=C[C+]=C2. The number of para-hydroxylation sites is 1. The Labute approximate surface area is 93.5 Å². The summed E-state index contributed by atoms with van der Waals surface area (Å²) in [6.45, 7) is 0. The van der Waals surface area contributed by atoms with E-state index < -0.39 is 0 Å². The molecular weight excluding hydrogens is 198 g/mol. The molecule has 3 rings (SSSR count). The van der Waals surface area contributed by atoms with Crippen LogP contribution in [0.1, 0.15) is 5.82 Å². The zero-order valence-electron chi connectivity index (χ0n) is 8.59. The summed E-state index contributed by atoms with van der Waals surface area (Å²) >= 11 is 0. The summed E-state index contributed by atoms with van der Waals surface area (Å²) in [5.74, 6) is 0.900. The van der Waals surface area contributed by atoms with Crippen LogP contribution in [0.3, 0.4) is 0 Å². The molecule has 0 spiro atoms. The highest BCUT2D eigenvalue weighted by molar-refractivity contribution is 5.74. The minimum absolute atomic E-state index is 0.745. The lowest BCUT2D eigenvalue weighted by atomic mass is 10.1. The molecule has 2 aromatic rings. The smallest absolute Gasteiger partial charge is 0.227 e. The average Bonchev–Trinajstić information content (AvgIpc) is 2.73. The first-order valence-electron chi connectivity index (χ1n) is 5.04. The number of aromatic nitrogens is 2. The molecule has 1 aliphatic heterocycles. The van der Waals surface area contributed by atoms with E-state index in [9.17, 15) is 0 Å². The number of hydrogen-bond acceptors (Lipinski definition) is 2. The van der Waals surface area contributed by atoms with E-state index in [2.05, 4.69) is 11.1 Å². The number of allylic oxidation sites excluding steroid dienone is 2. The minimum Gasteiger partial charge on any atom is -0.398 e. The van der Waals surface area contributed by atoms with Crippen LogP contribution in [0.25, 0.3) is 23.5 Å². The lowest BCUT2D eigenvalue weighted by Crippen LogP contribution is -1.90. The predicted molar refractivity (Wildman–Crippen MR) is 65.1 cm³/mol. The summed E-state index contributed by atoms with van der Waals surface area (Å²) < 4.78 is 1.93. The Morgan fingerprint density at radius 3 is 2.94 bits per heavy atom. The molecule has 0 saturated carbocycles. The average molecular weight is 208 g/mol. The fourth-order valence-corrected chi connectivity index (χ4v) is 1.74. The summed E-state index contributed by atoms with van der Waals surface area (Å²) in [6, 6.07) is 7.73. The molecule has 0 aliphatic carbocycles. The van der Waals surface area contributed by atoms with Crippen molar-refractivity contribution in [2.45, 2.75) is 0 Å². The van der Waals surface area contributed by atoms with Gasteiger partial charge in [-0.25, -0.2) is 4.98 Å². The molecule has 0 bridgehead atoms. The van der Waals surface area contributed by atoms with Crippen LogP contribution in [-0.2, 0) is 0 Å². The van der Waals surface area contributed by atoms with Crippen molar-refractivity contribution in [3.63, 3.8) is 0 Å². The maximum absolute atomic E-state index is 5.92. The minimum atomic E-state index is 0.745. The van der Waals surface area contributed by atoms with E-state index >= 15 is 0 Å². The molecule has 2 heterocycles. The second-order valence-electron chi connectivity index (χ2n) is 3.61. The van der Waals surface area contributed by atoms with Crippen molar-refractivity contribution in [1.29, 1.82) is 0 Å². The molecule has 0 saturated heterocycles. The van der Waals surface area contributed by atoms with E-state index in [0.717, 1.165) is 22.8 Å². The van der Waals surface area contributed by atoms with E-state index in [-0.39, 0.29) is 0 Å². The monoisotopic (exact) mass is 208 g/mol. The van der Waals surface area contributed by atoms with E-state index in [0.29, 0.717) is 0 Å². The first kappa shape index (κ1) is 8.89. The molecule has 0 unspecified atom stereocenters. The molecule has 0 fully saturated rings. The van der Waals surface area contributed by atoms with Crippen molar-refractivity contribution in [2.75, 3.05) is 5.73 Å². The van der Waals surface area contributed by atoms with Gasteiger partial charge in [-0.3, -0.25) is 4.57 Å². The van der Waals surface area contributed by atoms with Gasteiger partial charge >= 0.3 is 0 Å². The van der Waals surface area contributed by atoms with E-state index in [1.807, 2.05) is 53.4 Å². The van der Waals surface area contributed by atoms with Crippen LogP contribution in [0, 0.1) is 6.08 Å². The van der Waals surface area contributed by atoms with Gasteiger partial charge in [0.05, 0.1) is 5.69 Å². The second kappa shape index (κ2) is 3.33. The molecule has 2 N–H and O–H groups in total. The standard InChI is InChI=1S/C13H10N3/c14-11-6-2-1-5-10(11)12-9-16-8-4-3-7-13(16)15-12/h1-3,5-9H,14H2/q+1. The van der Waals surface area contributed by atoms with Gasteiger partial charge in [-0.15, -0.1) is 0 Å². The molecule has 0 atom stereocenters. The van der Waals surface area contributed by atoms with Gasteiger partial charge in [0.15, 0.2) is 12.3 Å². The van der Waals surface area contributed by atoms with Crippen molar-refractivity contribution in [2.24, 2.45) is 0 Å². The Hall–Kier alpha value is -2.38. The molecular formula is C13H10N3+. The van der Waals surface area contributed by atoms with Gasteiger partial charge in [0.1, 0.15) is 12.2 Å². The van der Waals surface area contributed by atoms with Gasteiger partial charge in [-0.1, -0.05) is 18.2 Å². The lowest BCUT2D eigenvalue weighted by molar-refractivity contribution is 1.10. The third-order valence-electron chi connectivity index (χ3n) is 2.54. The van der Waals surface area contributed by atoms with E-state index in [1.165, 1.54) is 0 Å². The summed E-state index contributed by atoms with van der Waals surface area (Å²) in [7, 11) is 0. The Bertz CT molecular complexity index is 561. The second-order valence-corrected chi connectivity index (χ2v) is 3.61. The molecule has 3 nitrogen and oxygen atoms in total. The number of hydrogen-bond donors (Lipinski definition) is 1. The molecule has 0 radical (unpaired) electrons. The highest BCUT2D eigenvalue weighted by Gasteiger charge is 2.13. The number of benzene rings is 1. The quantitative estimate of drug-likeness (QED) is 0.577. The van der Waals surface area contributed by atoms with Gasteiger partial charge < -0.3 is 5.73 Å². The van der Waals surface area contributed by atoms with Crippen LogP contribution >= 0.6 is 0 Å². The first-order chi connectivity index (χ1) is 7.84. The maximum atomic E-state index is 5.92. The summed E-state index contributed by atoms with van der Waals surface area (Å²) in [4.78, 5) is 4.51. The number of imidazole rings is 1. The van der Waals surface area contributed by atoms with Crippen molar-refractivity contribution >= 4 is 18.0 Å². The number of nitrogens with two attached hydrogens (primary N) is 1. The Morgan fingerprint density at radius 2 is 2.12 bits per heavy atom. The van der Waals surface area contributed by atoms with Crippen molar-refractivity contribution in [3.05, 3.63) is 48.4 Å². The fraction of sp³-hybridized carbons (Fsp3) is 0. The zero-order valence-corrected chi connectivity index (χ0v) is 8.59. The van der Waals surface area contributed by atoms with E-state index in [4.69, 9.17) is 5.73 Å². The first-order valence-corrected chi connectivity index (χ1v) is 5.04.